The Labute approximate surface area is 130 Å². The third kappa shape index (κ3) is 2.84. The Hall–Kier alpha value is -2.26. The van der Waals surface area contributed by atoms with E-state index in [-0.39, 0.29) is 5.75 Å². The van der Waals surface area contributed by atoms with Crippen molar-refractivity contribution in [2.24, 2.45) is 0 Å². The van der Waals surface area contributed by atoms with E-state index in [1.807, 2.05) is 12.1 Å². The highest BCUT2D eigenvalue weighted by Gasteiger charge is 2.48. The van der Waals surface area contributed by atoms with E-state index in [0.717, 1.165) is 5.39 Å². The Kier molecular flexibility index (Phi) is 4.14. The smallest absolute Gasteiger partial charge is 0.335 e. The highest BCUT2D eigenvalue weighted by atomic mass is 16.7. The predicted octanol–water partition coefficient (Wildman–Crippen LogP) is -0.494. The van der Waals surface area contributed by atoms with Gasteiger partial charge in [-0.1, -0.05) is 18.2 Å². The zero-order valence-corrected chi connectivity index (χ0v) is 11.8. The van der Waals surface area contributed by atoms with Gasteiger partial charge >= 0.3 is 5.97 Å². The van der Waals surface area contributed by atoms with Crippen LogP contribution in [0.2, 0.25) is 0 Å². The summed E-state index contributed by atoms with van der Waals surface area (Å²) >= 11 is 0. The van der Waals surface area contributed by atoms with Crippen molar-refractivity contribution in [1.29, 1.82) is 0 Å². The van der Waals surface area contributed by atoms with Gasteiger partial charge < -0.3 is 29.9 Å². The first-order chi connectivity index (χ1) is 11.0. The third-order valence-electron chi connectivity index (χ3n) is 3.65. The zero-order chi connectivity index (χ0) is 16.6. The van der Waals surface area contributed by atoms with Crippen LogP contribution in [0.5, 0.6) is 5.75 Å². The van der Waals surface area contributed by atoms with Crippen LogP contribution in [0.4, 0.5) is 0 Å². The summed E-state index contributed by atoms with van der Waals surface area (Å²) in [6.45, 7) is 0. The van der Waals surface area contributed by atoms with Crippen molar-refractivity contribution in [2.75, 3.05) is 0 Å². The number of aliphatic carboxylic acids is 1. The largest absolute Gasteiger partial charge is 0.479 e. The van der Waals surface area contributed by atoms with Crippen LogP contribution in [0.15, 0.2) is 36.5 Å². The molecule has 122 valence electrons. The molecule has 2 heterocycles. The van der Waals surface area contributed by atoms with Crippen LogP contribution in [0.25, 0.3) is 10.9 Å². The number of hydrogen-bond acceptors (Lipinski definition) is 7. The van der Waals surface area contributed by atoms with Crippen LogP contribution in [0, 0.1) is 0 Å². The summed E-state index contributed by atoms with van der Waals surface area (Å²) in [5, 5.41) is 39.2. The Morgan fingerprint density at radius 2 is 1.83 bits per heavy atom. The standard InChI is InChI=1S/C15H15NO7/c17-10-11(18)13(14(20)21)23-15(12(10)19)22-8-5-1-3-7-4-2-6-16-9(7)8/h1-6,10-13,15,17-19H,(H,20,21)/t10-,11+,12+,13?,15?/m0/s1. The number of carbonyl (C=O) groups is 1. The molecule has 2 unspecified atom stereocenters. The fourth-order valence-corrected chi connectivity index (χ4v) is 2.45. The highest BCUT2D eigenvalue weighted by Crippen LogP contribution is 2.28. The lowest BCUT2D eigenvalue weighted by Gasteiger charge is -2.38. The minimum Gasteiger partial charge on any atom is -0.479 e. The van der Waals surface area contributed by atoms with Crippen LogP contribution in [0.3, 0.4) is 0 Å². The van der Waals surface area contributed by atoms with Gasteiger partial charge in [0, 0.05) is 11.6 Å². The second-order valence-corrected chi connectivity index (χ2v) is 5.18. The van der Waals surface area contributed by atoms with Gasteiger partial charge in [-0.3, -0.25) is 4.98 Å². The fourth-order valence-electron chi connectivity index (χ4n) is 2.45. The molecule has 23 heavy (non-hydrogen) atoms. The van der Waals surface area contributed by atoms with Crippen molar-refractivity contribution in [3.63, 3.8) is 0 Å². The molecule has 0 amide bonds. The van der Waals surface area contributed by atoms with E-state index in [4.69, 9.17) is 14.6 Å². The maximum Gasteiger partial charge on any atom is 0.335 e. The summed E-state index contributed by atoms with van der Waals surface area (Å²) in [5.74, 6) is -1.20. The minimum atomic E-state index is -1.76. The number of hydrogen-bond donors (Lipinski definition) is 4. The van der Waals surface area contributed by atoms with Crippen molar-refractivity contribution in [3.05, 3.63) is 36.5 Å². The molecule has 0 aliphatic carbocycles. The molecule has 1 aromatic carbocycles. The third-order valence-corrected chi connectivity index (χ3v) is 3.65. The summed E-state index contributed by atoms with van der Waals surface area (Å²) in [5.41, 5.74) is 0.498. The predicted molar refractivity (Wildman–Crippen MR) is 76.7 cm³/mol. The molecular weight excluding hydrogens is 306 g/mol. The van der Waals surface area contributed by atoms with E-state index < -0.39 is 36.7 Å². The molecule has 0 bridgehead atoms. The molecule has 2 aromatic rings. The summed E-state index contributed by atoms with van der Waals surface area (Å²) in [6, 6.07) is 8.66. The molecule has 0 radical (unpaired) electrons. The lowest BCUT2D eigenvalue weighted by Crippen LogP contribution is -2.61. The highest BCUT2D eigenvalue weighted by molar-refractivity contribution is 5.84. The van der Waals surface area contributed by atoms with Gasteiger partial charge in [-0.25, -0.2) is 4.79 Å². The van der Waals surface area contributed by atoms with Gasteiger partial charge in [-0.2, -0.15) is 0 Å². The summed E-state index contributed by atoms with van der Waals surface area (Å²) in [6.07, 6.45) is -6.68. The first-order valence-corrected chi connectivity index (χ1v) is 6.92. The van der Waals surface area contributed by atoms with Gasteiger partial charge in [0.05, 0.1) is 0 Å². The number of aromatic nitrogens is 1. The molecule has 0 spiro atoms. The number of ether oxygens (including phenoxy) is 2. The van der Waals surface area contributed by atoms with Crippen LogP contribution in [-0.4, -0.2) is 62.1 Å². The van der Waals surface area contributed by atoms with E-state index in [1.54, 1.807) is 24.4 Å². The van der Waals surface area contributed by atoms with Crippen LogP contribution in [-0.2, 0) is 9.53 Å². The summed E-state index contributed by atoms with van der Waals surface area (Å²) in [4.78, 5) is 15.3. The molecule has 3 rings (SSSR count). The molecule has 1 aliphatic rings. The Balaban J connectivity index is 1.90. The number of aliphatic hydroxyl groups is 3. The van der Waals surface area contributed by atoms with Crippen LogP contribution >= 0.6 is 0 Å². The molecule has 0 saturated carbocycles. The van der Waals surface area contributed by atoms with Crippen molar-refractivity contribution < 1.29 is 34.7 Å². The van der Waals surface area contributed by atoms with Crippen molar-refractivity contribution >= 4 is 16.9 Å². The average Bonchev–Trinajstić information content (AvgIpc) is 2.55. The normalized spacial score (nSPS) is 31.0. The second-order valence-electron chi connectivity index (χ2n) is 5.18. The fraction of sp³-hybridized carbons (Fsp3) is 0.333. The van der Waals surface area contributed by atoms with Gasteiger partial charge in [0.1, 0.15) is 29.6 Å². The van der Waals surface area contributed by atoms with Gasteiger partial charge in [-0.15, -0.1) is 0 Å². The Morgan fingerprint density at radius 3 is 2.57 bits per heavy atom. The zero-order valence-electron chi connectivity index (χ0n) is 11.8. The van der Waals surface area contributed by atoms with Crippen LogP contribution in [0.1, 0.15) is 0 Å². The molecule has 8 nitrogen and oxygen atoms in total. The number of para-hydroxylation sites is 1. The SMILES string of the molecule is O=C(O)C1OC(Oc2cccc3cccnc23)[C@H](O)[C@@H](O)[C@H]1O. The monoisotopic (exact) mass is 321 g/mol. The van der Waals surface area contributed by atoms with E-state index in [9.17, 15) is 20.1 Å². The summed E-state index contributed by atoms with van der Waals surface area (Å²) in [7, 11) is 0. The quantitative estimate of drug-likeness (QED) is 0.596. The molecule has 8 heteroatoms. The lowest BCUT2D eigenvalue weighted by molar-refractivity contribution is -0.270. The van der Waals surface area contributed by atoms with Gasteiger partial charge in [0.15, 0.2) is 6.10 Å². The number of rotatable bonds is 3. The summed E-state index contributed by atoms with van der Waals surface area (Å²) < 4.78 is 10.6. The Morgan fingerprint density at radius 1 is 1.09 bits per heavy atom. The maximum absolute atomic E-state index is 11.1. The molecule has 4 N–H and O–H groups in total. The van der Waals surface area contributed by atoms with Gasteiger partial charge in [0.2, 0.25) is 6.29 Å². The number of benzene rings is 1. The average molecular weight is 321 g/mol. The number of carboxylic acids is 1. The van der Waals surface area contributed by atoms with Gasteiger partial charge in [-0.05, 0) is 12.1 Å². The van der Waals surface area contributed by atoms with Crippen molar-refractivity contribution in [1.82, 2.24) is 4.98 Å². The van der Waals surface area contributed by atoms with Crippen LogP contribution < -0.4 is 4.74 Å². The maximum atomic E-state index is 11.1. The minimum absolute atomic E-state index is 0.264. The number of aliphatic hydroxyl groups excluding tert-OH is 3. The van der Waals surface area contributed by atoms with E-state index in [0.29, 0.717) is 5.52 Å². The first-order valence-electron chi connectivity index (χ1n) is 6.92. The molecule has 1 fully saturated rings. The molecule has 1 aliphatic heterocycles. The van der Waals surface area contributed by atoms with E-state index >= 15 is 0 Å². The molecule has 5 atom stereocenters. The first kappa shape index (κ1) is 15.6. The van der Waals surface area contributed by atoms with E-state index in [1.165, 1.54) is 0 Å². The van der Waals surface area contributed by atoms with Crippen molar-refractivity contribution in [3.8, 4) is 5.75 Å². The number of pyridine rings is 1. The van der Waals surface area contributed by atoms with Gasteiger partial charge in [0.25, 0.3) is 0 Å². The lowest BCUT2D eigenvalue weighted by atomic mass is 9.99. The number of carboxylic acid groups (broad SMARTS) is 1. The molecule has 1 saturated heterocycles. The van der Waals surface area contributed by atoms with E-state index in [2.05, 4.69) is 4.98 Å². The second kappa shape index (κ2) is 6.09. The molecule has 1 aromatic heterocycles. The van der Waals surface area contributed by atoms with Crippen molar-refractivity contribution in [2.45, 2.75) is 30.7 Å². The number of fused-ring (bicyclic) bond motifs is 1. The topological polar surface area (TPSA) is 129 Å². The molecular formula is C15H15NO7. The number of nitrogens with zero attached hydrogens (tertiary/aromatic N) is 1. The Bertz CT molecular complexity index is 717.